The largest absolute Gasteiger partial charge is 0.545 e. The van der Waals surface area contributed by atoms with E-state index in [1.807, 2.05) is 30.5 Å². The van der Waals surface area contributed by atoms with Gasteiger partial charge in [-0.3, -0.25) is 4.79 Å². The number of carbonyl (C=O) groups excluding carboxylic acids is 2. The van der Waals surface area contributed by atoms with Gasteiger partial charge < -0.3 is 18.9 Å². The molecule has 0 spiro atoms. The lowest BCUT2D eigenvalue weighted by atomic mass is 10.1. The number of hydrogen-bond donors (Lipinski definition) is 1. The number of hydrogen-bond acceptors (Lipinski definition) is 5. The molecule has 0 atom stereocenters. The minimum absolute atomic E-state index is 0.154. The van der Waals surface area contributed by atoms with Crippen molar-refractivity contribution < 1.29 is 19.1 Å². The van der Waals surface area contributed by atoms with Crippen LogP contribution < -0.4 is 10.5 Å². The fourth-order valence-electron chi connectivity index (χ4n) is 3.00. The summed E-state index contributed by atoms with van der Waals surface area (Å²) in [5.41, 5.74) is 6.50. The van der Waals surface area contributed by atoms with Crippen LogP contribution in [0.15, 0.2) is 52.2 Å². The van der Waals surface area contributed by atoms with Crippen LogP contribution in [-0.4, -0.2) is 22.7 Å². The van der Waals surface area contributed by atoms with E-state index in [0.717, 1.165) is 22.6 Å². The van der Waals surface area contributed by atoms with Crippen LogP contribution in [0.25, 0.3) is 5.69 Å². The van der Waals surface area contributed by atoms with Gasteiger partial charge in [0.1, 0.15) is 0 Å². The normalized spacial score (nSPS) is 11.1. The van der Waals surface area contributed by atoms with Gasteiger partial charge in [-0.15, -0.1) is 0 Å². The minimum Gasteiger partial charge on any atom is -0.545 e. The number of aromatic nitrogens is 1. The Morgan fingerprint density at radius 3 is 2.63 bits per heavy atom. The van der Waals surface area contributed by atoms with E-state index in [1.165, 1.54) is 18.5 Å². The summed E-state index contributed by atoms with van der Waals surface area (Å²) < 4.78 is 6.95. The van der Waals surface area contributed by atoms with Crippen LogP contribution >= 0.6 is 0 Å². The van der Waals surface area contributed by atoms with Gasteiger partial charge in [0.05, 0.1) is 18.4 Å². The number of aromatic carboxylic acids is 1. The molecular formula is C20H18N3O4-. The third kappa shape index (κ3) is 3.52. The van der Waals surface area contributed by atoms with Gasteiger partial charge >= 0.3 is 5.91 Å². The molecule has 0 unspecified atom stereocenters. The Balaban J connectivity index is 1.90. The third-order valence-corrected chi connectivity index (χ3v) is 4.35. The Labute approximate surface area is 155 Å². The van der Waals surface area contributed by atoms with Crippen LogP contribution in [0.2, 0.25) is 0 Å². The number of benzene rings is 1. The molecule has 0 saturated heterocycles. The molecule has 7 heteroatoms. The topological polar surface area (TPSA) is 99.7 Å². The number of carbonyl (C=O) groups is 2. The van der Waals surface area contributed by atoms with Crippen molar-refractivity contribution in [3.63, 3.8) is 0 Å². The van der Waals surface area contributed by atoms with E-state index in [2.05, 4.69) is 10.5 Å². The van der Waals surface area contributed by atoms with Gasteiger partial charge in [0, 0.05) is 28.2 Å². The van der Waals surface area contributed by atoms with Crippen molar-refractivity contribution in [2.24, 2.45) is 5.10 Å². The maximum atomic E-state index is 11.8. The van der Waals surface area contributed by atoms with Crippen molar-refractivity contribution in [3.05, 3.63) is 76.5 Å². The van der Waals surface area contributed by atoms with E-state index in [-0.39, 0.29) is 11.3 Å². The molecule has 0 aliphatic heterocycles. The summed E-state index contributed by atoms with van der Waals surface area (Å²) in [7, 11) is 0. The van der Waals surface area contributed by atoms with Crippen LogP contribution in [0.1, 0.15) is 43.4 Å². The first kappa shape index (κ1) is 18.2. The highest BCUT2D eigenvalue weighted by atomic mass is 16.4. The van der Waals surface area contributed by atoms with Gasteiger partial charge in [-0.1, -0.05) is 12.1 Å². The fourth-order valence-corrected chi connectivity index (χ4v) is 3.00. The molecular weight excluding hydrogens is 346 g/mol. The summed E-state index contributed by atoms with van der Waals surface area (Å²) in [6.07, 6.45) is 2.95. The summed E-state index contributed by atoms with van der Waals surface area (Å²) in [5.74, 6) is -1.48. The van der Waals surface area contributed by atoms with Crippen LogP contribution in [0.4, 0.5) is 0 Å². The minimum atomic E-state index is -1.21. The molecule has 0 bridgehead atoms. The highest BCUT2D eigenvalue weighted by Gasteiger charge is 2.13. The second kappa shape index (κ2) is 7.33. The molecule has 138 valence electrons. The SMILES string of the molecule is Cc1c(C(=O)[O-])cccc1-n1c(C)cc(/C=N\NC(=O)c2ccco2)c1C. The predicted molar refractivity (Wildman–Crippen MR) is 98.1 cm³/mol. The Morgan fingerprint density at radius 2 is 1.96 bits per heavy atom. The summed E-state index contributed by atoms with van der Waals surface area (Å²) in [6, 6.07) is 10.1. The molecule has 3 aromatic rings. The maximum Gasteiger partial charge on any atom is 0.307 e. The first-order valence-corrected chi connectivity index (χ1v) is 8.27. The van der Waals surface area contributed by atoms with Gasteiger partial charge in [0.15, 0.2) is 5.76 Å². The standard InChI is InChI=1S/C20H19N3O4/c1-12-10-15(11-21-22-19(24)18-8-5-9-27-18)14(3)23(12)17-7-4-6-16(13(17)2)20(25)26/h4-11H,1-3H3,(H,22,24)(H,25,26)/p-1/b21-11-. The summed E-state index contributed by atoms with van der Waals surface area (Å²) >= 11 is 0. The molecule has 27 heavy (non-hydrogen) atoms. The summed E-state index contributed by atoms with van der Waals surface area (Å²) in [6.45, 7) is 5.56. The quantitative estimate of drug-likeness (QED) is 0.554. The fraction of sp³-hybridized carbons (Fsp3) is 0.150. The Kier molecular flexibility index (Phi) is 4.94. The van der Waals surface area contributed by atoms with Crippen molar-refractivity contribution >= 4 is 18.1 Å². The maximum absolute atomic E-state index is 11.8. The Hall–Kier alpha value is -3.61. The molecule has 0 aliphatic rings. The molecule has 1 aromatic carbocycles. The number of carboxylic acids is 1. The van der Waals surface area contributed by atoms with E-state index in [1.54, 1.807) is 25.1 Å². The van der Waals surface area contributed by atoms with E-state index < -0.39 is 11.9 Å². The summed E-state index contributed by atoms with van der Waals surface area (Å²) in [5, 5.41) is 15.3. The molecule has 3 rings (SSSR count). The highest BCUT2D eigenvalue weighted by Crippen LogP contribution is 2.24. The number of hydrazone groups is 1. The van der Waals surface area contributed by atoms with Gasteiger partial charge in [0.25, 0.3) is 0 Å². The molecule has 0 aliphatic carbocycles. The molecule has 1 amide bonds. The van der Waals surface area contributed by atoms with E-state index >= 15 is 0 Å². The van der Waals surface area contributed by atoms with E-state index in [0.29, 0.717) is 5.56 Å². The second-order valence-corrected chi connectivity index (χ2v) is 6.08. The number of nitrogens with zero attached hydrogens (tertiary/aromatic N) is 2. The second-order valence-electron chi connectivity index (χ2n) is 6.08. The molecule has 1 N–H and O–H groups in total. The lowest BCUT2D eigenvalue weighted by Crippen LogP contribution is -2.23. The Morgan fingerprint density at radius 1 is 1.19 bits per heavy atom. The molecule has 0 saturated carbocycles. The predicted octanol–water partition coefficient (Wildman–Crippen LogP) is 2.12. The van der Waals surface area contributed by atoms with Gasteiger partial charge in [-0.2, -0.15) is 5.10 Å². The third-order valence-electron chi connectivity index (χ3n) is 4.35. The first-order chi connectivity index (χ1) is 12.9. The van der Waals surface area contributed by atoms with Crippen molar-refractivity contribution in [2.45, 2.75) is 20.8 Å². The number of rotatable bonds is 5. The monoisotopic (exact) mass is 364 g/mol. The van der Waals surface area contributed by atoms with E-state index in [9.17, 15) is 14.7 Å². The van der Waals surface area contributed by atoms with Gasteiger partial charge in [-0.25, -0.2) is 5.43 Å². The lowest BCUT2D eigenvalue weighted by molar-refractivity contribution is -0.255. The molecule has 0 radical (unpaired) electrons. The highest BCUT2D eigenvalue weighted by molar-refractivity contribution is 5.92. The molecule has 0 fully saturated rings. The molecule has 2 heterocycles. The van der Waals surface area contributed by atoms with Crippen LogP contribution in [-0.2, 0) is 0 Å². The zero-order valence-electron chi connectivity index (χ0n) is 15.1. The van der Waals surface area contributed by atoms with Crippen molar-refractivity contribution in [2.75, 3.05) is 0 Å². The van der Waals surface area contributed by atoms with Gasteiger partial charge in [-0.05, 0) is 50.6 Å². The Bertz CT molecular complexity index is 1030. The number of amides is 1. The van der Waals surface area contributed by atoms with Crippen LogP contribution in [0.3, 0.4) is 0 Å². The van der Waals surface area contributed by atoms with Crippen molar-refractivity contribution in [1.29, 1.82) is 0 Å². The average Bonchev–Trinajstić information content (AvgIpc) is 3.24. The van der Waals surface area contributed by atoms with Gasteiger partial charge in [0.2, 0.25) is 0 Å². The zero-order valence-corrected chi connectivity index (χ0v) is 15.1. The summed E-state index contributed by atoms with van der Waals surface area (Å²) in [4.78, 5) is 23.1. The number of carboxylic acid groups (broad SMARTS) is 1. The number of furan rings is 1. The lowest BCUT2D eigenvalue weighted by Gasteiger charge is -2.16. The number of aryl methyl sites for hydroxylation is 1. The van der Waals surface area contributed by atoms with Crippen LogP contribution in [0.5, 0.6) is 0 Å². The first-order valence-electron chi connectivity index (χ1n) is 8.27. The molecule has 2 aromatic heterocycles. The van der Waals surface area contributed by atoms with Crippen LogP contribution in [0, 0.1) is 20.8 Å². The average molecular weight is 364 g/mol. The smallest absolute Gasteiger partial charge is 0.307 e. The van der Waals surface area contributed by atoms with E-state index in [4.69, 9.17) is 4.42 Å². The van der Waals surface area contributed by atoms with Crippen molar-refractivity contribution in [1.82, 2.24) is 9.99 Å². The molecule has 7 nitrogen and oxygen atoms in total. The number of nitrogens with one attached hydrogen (secondary N) is 1. The van der Waals surface area contributed by atoms with Crippen molar-refractivity contribution in [3.8, 4) is 5.69 Å². The zero-order chi connectivity index (χ0) is 19.6.